The standard InChI is InChI=1S/C10H21NO3S/c1-8(2)15(13,14)11-6-4-5-10(11)7-9(3)12/h8-10,12H,4-7H2,1-3H3. The van der Waals surface area contributed by atoms with Gasteiger partial charge in [-0.05, 0) is 40.0 Å². The van der Waals surface area contributed by atoms with Crippen molar-refractivity contribution in [2.45, 2.75) is 57.4 Å². The van der Waals surface area contributed by atoms with Gasteiger partial charge < -0.3 is 5.11 Å². The van der Waals surface area contributed by atoms with Crippen molar-refractivity contribution in [1.29, 1.82) is 0 Å². The number of nitrogens with zero attached hydrogens (tertiary/aromatic N) is 1. The van der Waals surface area contributed by atoms with Crippen LogP contribution >= 0.6 is 0 Å². The van der Waals surface area contributed by atoms with Gasteiger partial charge in [-0.2, -0.15) is 4.31 Å². The largest absolute Gasteiger partial charge is 0.393 e. The van der Waals surface area contributed by atoms with Gasteiger partial charge in [0.2, 0.25) is 10.0 Å². The summed E-state index contributed by atoms with van der Waals surface area (Å²) in [5.41, 5.74) is 0. The van der Waals surface area contributed by atoms with Gasteiger partial charge in [-0.1, -0.05) is 0 Å². The number of rotatable bonds is 4. The summed E-state index contributed by atoms with van der Waals surface area (Å²) in [4.78, 5) is 0. The second-order valence-corrected chi connectivity index (χ2v) is 7.03. The molecule has 2 unspecified atom stereocenters. The molecule has 1 fully saturated rings. The maximum atomic E-state index is 12.0. The third-order valence-electron chi connectivity index (χ3n) is 2.86. The van der Waals surface area contributed by atoms with E-state index in [0.29, 0.717) is 13.0 Å². The molecule has 0 saturated carbocycles. The zero-order valence-electron chi connectivity index (χ0n) is 9.68. The number of hydrogen-bond acceptors (Lipinski definition) is 3. The van der Waals surface area contributed by atoms with Gasteiger partial charge in [-0.3, -0.25) is 0 Å². The van der Waals surface area contributed by atoms with Gasteiger partial charge >= 0.3 is 0 Å². The van der Waals surface area contributed by atoms with E-state index < -0.39 is 16.1 Å². The normalized spacial score (nSPS) is 26.1. The van der Waals surface area contributed by atoms with E-state index in [1.165, 1.54) is 0 Å². The molecule has 0 aromatic carbocycles. The van der Waals surface area contributed by atoms with Crippen molar-refractivity contribution >= 4 is 10.0 Å². The Labute approximate surface area is 92.3 Å². The summed E-state index contributed by atoms with van der Waals surface area (Å²) in [7, 11) is -3.15. The highest BCUT2D eigenvalue weighted by molar-refractivity contribution is 7.89. The van der Waals surface area contributed by atoms with E-state index in [0.717, 1.165) is 12.8 Å². The molecule has 0 spiro atoms. The Hall–Kier alpha value is -0.130. The van der Waals surface area contributed by atoms with Crippen molar-refractivity contribution in [3.8, 4) is 0 Å². The Morgan fingerprint density at radius 3 is 2.47 bits per heavy atom. The summed E-state index contributed by atoms with van der Waals surface area (Å²) in [6.07, 6.45) is 1.89. The highest BCUT2D eigenvalue weighted by Crippen LogP contribution is 2.26. The van der Waals surface area contributed by atoms with Gasteiger partial charge in [0.1, 0.15) is 0 Å². The van der Waals surface area contributed by atoms with Crippen LogP contribution in [0.3, 0.4) is 0 Å². The van der Waals surface area contributed by atoms with Crippen molar-refractivity contribution in [2.24, 2.45) is 0 Å². The first kappa shape index (κ1) is 12.9. The third kappa shape index (κ3) is 2.92. The molecule has 0 aliphatic carbocycles. The average Bonchev–Trinajstić information content (AvgIpc) is 2.51. The SMILES string of the molecule is CC(O)CC1CCCN1S(=O)(=O)C(C)C. The molecule has 0 amide bonds. The topological polar surface area (TPSA) is 57.6 Å². The first-order chi connectivity index (χ1) is 6.85. The quantitative estimate of drug-likeness (QED) is 0.789. The molecule has 1 aliphatic rings. The van der Waals surface area contributed by atoms with Crippen LogP contribution in [0.25, 0.3) is 0 Å². The highest BCUT2D eigenvalue weighted by atomic mass is 32.2. The summed E-state index contributed by atoms with van der Waals surface area (Å²) in [6, 6.07) is -0.00241. The maximum Gasteiger partial charge on any atom is 0.216 e. The maximum absolute atomic E-state index is 12.0. The fourth-order valence-corrected chi connectivity index (χ4v) is 3.58. The number of sulfonamides is 1. The van der Waals surface area contributed by atoms with Crippen LogP contribution in [0.5, 0.6) is 0 Å². The first-order valence-corrected chi connectivity index (χ1v) is 7.04. The van der Waals surface area contributed by atoms with E-state index in [2.05, 4.69) is 0 Å². The zero-order chi connectivity index (χ0) is 11.6. The molecular formula is C10H21NO3S. The average molecular weight is 235 g/mol. The lowest BCUT2D eigenvalue weighted by Crippen LogP contribution is -2.40. The van der Waals surface area contributed by atoms with Crippen LogP contribution in [0.4, 0.5) is 0 Å². The number of aliphatic hydroxyl groups excluding tert-OH is 1. The van der Waals surface area contributed by atoms with Gasteiger partial charge in [0.15, 0.2) is 0 Å². The van der Waals surface area contributed by atoms with Crippen LogP contribution in [-0.4, -0.2) is 41.8 Å². The monoisotopic (exact) mass is 235 g/mol. The van der Waals surface area contributed by atoms with Gasteiger partial charge in [0, 0.05) is 12.6 Å². The Kier molecular flexibility index (Phi) is 4.14. The van der Waals surface area contributed by atoms with Gasteiger partial charge in [0.25, 0.3) is 0 Å². The van der Waals surface area contributed by atoms with Crippen molar-refractivity contribution in [2.75, 3.05) is 6.54 Å². The molecular weight excluding hydrogens is 214 g/mol. The summed E-state index contributed by atoms with van der Waals surface area (Å²) >= 11 is 0. The minimum absolute atomic E-state index is 0.00241. The molecule has 90 valence electrons. The minimum Gasteiger partial charge on any atom is -0.393 e. The van der Waals surface area contributed by atoms with Gasteiger partial charge in [0.05, 0.1) is 11.4 Å². The molecule has 0 bridgehead atoms. The highest BCUT2D eigenvalue weighted by Gasteiger charge is 2.36. The van der Waals surface area contributed by atoms with E-state index >= 15 is 0 Å². The summed E-state index contributed by atoms with van der Waals surface area (Å²) in [5.74, 6) is 0. The molecule has 1 saturated heterocycles. The van der Waals surface area contributed by atoms with Crippen molar-refractivity contribution in [3.63, 3.8) is 0 Å². The van der Waals surface area contributed by atoms with Crippen LogP contribution in [0.15, 0.2) is 0 Å². The molecule has 1 heterocycles. The van der Waals surface area contributed by atoms with Crippen LogP contribution in [0.1, 0.15) is 40.0 Å². The predicted molar refractivity (Wildman–Crippen MR) is 60.1 cm³/mol. The molecule has 15 heavy (non-hydrogen) atoms. The Morgan fingerprint density at radius 2 is 2.00 bits per heavy atom. The minimum atomic E-state index is -3.15. The third-order valence-corrected chi connectivity index (χ3v) is 5.18. The Balaban J connectivity index is 2.77. The lowest BCUT2D eigenvalue weighted by Gasteiger charge is -2.26. The molecule has 0 aromatic rings. The van der Waals surface area contributed by atoms with Crippen LogP contribution in [-0.2, 0) is 10.0 Å². The lowest BCUT2D eigenvalue weighted by molar-refractivity contribution is 0.157. The second kappa shape index (κ2) is 4.80. The molecule has 0 radical (unpaired) electrons. The van der Waals surface area contributed by atoms with E-state index in [1.807, 2.05) is 0 Å². The first-order valence-electron chi connectivity index (χ1n) is 5.54. The smallest absolute Gasteiger partial charge is 0.216 e. The zero-order valence-corrected chi connectivity index (χ0v) is 10.5. The summed E-state index contributed by atoms with van der Waals surface area (Å²) < 4.78 is 25.5. The Morgan fingerprint density at radius 1 is 1.40 bits per heavy atom. The van der Waals surface area contributed by atoms with Crippen molar-refractivity contribution < 1.29 is 13.5 Å². The van der Waals surface area contributed by atoms with Crippen molar-refractivity contribution in [3.05, 3.63) is 0 Å². The predicted octanol–water partition coefficient (Wildman–Crippen LogP) is 0.960. The van der Waals surface area contributed by atoms with Gasteiger partial charge in [-0.15, -0.1) is 0 Å². The van der Waals surface area contributed by atoms with E-state index in [9.17, 15) is 13.5 Å². The summed E-state index contributed by atoms with van der Waals surface area (Å²) in [6.45, 7) is 5.72. The van der Waals surface area contributed by atoms with Crippen LogP contribution < -0.4 is 0 Å². The Bertz CT molecular complexity index is 298. The van der Waals surface area contributed by atoms with Crippen LogP contribution in [0.2, 0.25) is 0 Å². The lowest BCUT2D eigenvalue weighted by atomic mass is 10.1. The van der Waals surface area contributed by atoms with Crippen molar-refractivity contribution in [1.82, 2.24) is 4.31 Å². The molecule has 5 heteroatoms. The molecule has 2 atom stereocenters. The number of aliphatic hydroxyl groups is 1. The van der Waals surface area contributed by atoms with Crippen LogP contribution in [0, 0.1) is 0 Å². The van der Waals surface area contributed by atoms with Gasteiger partial charge in [-0.25, -0.2) is 8.42 Å². The number of hydrogen-bond donors (Lipinski definition) is 1. The fraction of sp³-hybridized carbons (Fsp3) is 1.00. The molecule has 4 nitrogen and oxygen atoms in total. The molecule has 1 rings (SSSR count). The second-order valence-electron chi connectivity index (χ2n) is 4.59. The summed E-state index contributed by atoms with van der Waals surface area (Å²) in [5, 5.41) is 8.94. The molecule has 0 aromatic heterocycles. The molecule has 1 aliphatic heterocycles. The van der Waals surface area contributed by atoms with E-state index in [-0.39, 0.29) is 11.3 Å². The molecule has 1 N–H and O–H groups in total. The fourth-order valence-electron chi connectivity index (χ4n) is 2.04. The van der Waals surface area contributed by atoms with E-state index in [1.54, 1.807) is 25.1 Å². The van der Waals surface area contributed by atoms with E-state index in [4.69, 9.17) is 0 Å².